The molecule has 1 fully saturated rings. The third-order valence-corrected chi connectivity index (χ3v) is 3.27. The van der Waals surface area contributed by atoms with E-state index < -0.39 is 43.4 Å². The van der Waals surface area contributed by atoms with Crippen LogP contribution in [0.15, 0.2) is 12.2 Å². The number of allylic oxidation sites excluding steroid dienone is 2. The van der Waals surface area contributed by atoms with Crippen LogP contribution >= 0.6 is 0 Å². The second kappa shape index (κ2) is 8.68. The molecule has 20 heavy (non-hydrogen) atoms. The average Bonchev–Trinajstić information content (AvgIpc) is 2.46. The molecule has 1 rings (SSSR count). The summed E-state index contributed by atoms with van der Waals surface area (Å²) in [5.74, 6) is 0. The molecule has 0 aromatic carbocycles. The standard InChI is InChI=1S/C13H24O7/c1-2-3-4-5-8(6-14)19-13-12(18)11(17)10(16)9(7-15)20-13/h2-3,8-18H,4-7H2,1H3/b3-2+. The number of ether oxygens (including phenoxy) is 2. The predicted octanol–water partition coefficient (Wildman–Crippen LogP) is -1.48. The zero-order valence-corrected chi connectivity index (χ0v) is 11.5. The molecule has 1 saturated heterocycles. The van der Waals surface area contributed by atoms with Gasteiger partial charge in [-0.3, -0.25) is 0 Å². The Kier molecular flexibility index (Phi) is 7.60. The maximum Gasteiger partial charge on any atom is 0.187 e. The Morgan fingerprint density at radius 2 is 1.85 bits per heavy atom. The predicted molar refractivity (Wildman–Crippen MR) is 69.8 cm³/mol. The van der Waals surface area contributed by atoms with E-state index in [1.807, 2.05) is 19.1 Å². The zero-order valence-electron chi connectivity index (χ0n) is 11.5. The first kappa shape index (κ1) is 17.5. The van der Waals surface area contributed by atoms with Crippen LogP contribution in [0.25, 0.3) is 0 Å². The van der Waals surface area contributed by atoms with Crippen LogP contribution < -0.4 is 0 Å². The van der Waals surface area contributed by atoms with Gasteiger partial charge in [0.1, 0.15) is 24.4 Å². The van der Waals surface area contributed by atoms with Gasteiger partial charge in [-0.15, -0.1) is 0 Å². The lowest BCUT2D eigenvalue weighted by Crippen LogP contribution is -2.59. The molecule has 1 aliphatic rings. The quantitative estimate of drug-likeness (QED) is 0.363. The average molecular weight is 292 g/mol. The van der Waals surface area contributed by atoms with Gasteiger partial charge in [-0.05, 0) is 19.8 Å². The third-order valence-electron chi connectivity index (χ3n) is 3.27. The van der Waals surface area contributed by atoms with Gasteiger partial charge in [-0.1, -0.05) is 12.2 Å². The maximum absolute atomic E-state index is 9.80. The molecule has 0 amide bonds. The molecule has 6 atom stereocenters. The molecule has 0 saturated carbocycles. The van der Waals surface area contributed by atoms with Crippen molar-refractivity contribution in [2.45, 2.75) is 56.6 Å². The van der Waals surface area contributed by atoms with Crippen molar-refractivity contribution in [2.24, 2.45) is 0 Å². The van der Waals surface area contributed by atoms with Crippen LogP contribution in [0, 0.1) is 0 Å². The van der Waals surface area contributed by atoms with Gasteiger partial charge in [0, 0.05) is 0 Å². The largest absolute Gasteiger partial charge is 0.394 e. The molecule has 7 heteroatoms. The van der Waals surface area contributed by atoms with Gasteiger partial charge < -0.3 is 35.0 Å². The van der Waals surface area contributed by atoms with E-state index in [4.69, 9.17) is 14.6 Å². The number of rotatable bonds is 7. The van der Waals surface area contributed by atoms with E-state index in [1.165, 1.54) is 0 Å². The fourth-order valence-corrected chi connectivity index (χ4v) is 2.02. The molecule has 7 nitrogen and oxygen atoms in total. The molecule has 118 valence electrons. The Morgan fingerprint density at radius 3 is 2.40 bits per heavy atom. The first-order valence-electron chi connectivity index (χ1n) is 6.73. The normalized spacial score (nSPS) is 36.4. The molecular formula is C13H24O7. The Labute approximate surface area is 118 Å². The smallest absolute Gasteiger partial charge is 0.187 e. The van der Waals surface area contributed by atoms with Crippen LogP contribution in [0.3, 0.4) is 0 Å². The molecule has 6 unspecified atom stereocenters. The van der Waals surface area contributed by atoms with Crippen LogP contribution in [0.2, 0.25) is 0 Å². The van der Waals surface area contributed by atoms with Gasteiger partial charge in [0.05, 0.1) is 19.3 Å². The van der Waals surface area contributed by atoms with Crippen molar-refractivity contribution in [3.8, 4) is 0 Å². The van der Waals surface area contributed by atoms with E-state index in [0.29, 0.717) is 12.8 Å². The summed E-state index contributed by atoms with van der Waals surface area (Å²) in [6.45, 7) is 1.12. The molecular weight excluding hydrogens is 268 g/mol. The number of hydrogen-bond donors (Lipinski definition) is 5. The van der Waals surface area contributed by atoms with Gasteiger partial charge >= 0.3 is 0 Å². The summed E-state index contributed by atoms with van der Waals surface area (Å²) in [6, 6.07) is 0. The highest BCUT2D eigenvalue weighted by Gasteiger charge is 2.44. The summed E-state index contributed by atoms with van der Waals surface area (Å²) in [7, 11) is 0. The monoisotopic (exact) mass is 292 g/mol. The molecule has 5 N–H and O–H groups in total. The molecule has 0 spiro atoms. The number of hydrogen-bond acceptors (Lipinski definition) is 7. The van der Waals surface area contributed by atoms with Crippen molar-refractivity contribution >= 4 is 0 Å². The van der Waals surface area contributed by atoms with Crippen molar-refractivity contribution in [3.63, 3.8) is 0 Å². The van der Waals surface area contributed by atoms with Crippen LogP contribution in [-0.4, -0.2) is 75.6 Å². The highest BCUT2D eigenvalue weighted by molar-refractivity contribution is 4.89. The minimum Gasteiger partial charge on any atom is -0.394 e. The van der Waals surface area contributed by atoms with E-state index in [1.54, 1.807) is 0 Å². The van der Waals surface area contributed by atoms with Gasteiger partial charge in [0.25, 0.3) is 0 Å². The highest BCUT2D eigenvalue weighted by Crippen LogP contribution is 2.23. The summed E-state index contributed by atoms with van der Waals surface area (Å²) in [4.78, 5) is 0. The zero-order chi connectivity index (χ0) is 15.1. The Balaban J connectivity index is 2.59. The van der Waals surface area contributed by atoms with Gasteiger partial charge in [-0.25, -0.2) is 0 Å². The second-order valence-electron chi connectivity index (χ2n) is 4.78. The topological polar surface area (TPSA) is 120 Å². The summed E-state index contributed by atoms with van der Waals surface area (Å²) in [6.07, 6.45) is -2.08. The fourth-order valence-electron chi connectivity index (χ4n) is 2.02. The second-order valence-corrected chi connectivity index (χ2v) is 4.78. The fraction of sp³-hybridized carbons (Fsp3) is 0.846. The van der Waals surface area contributed by atoms with E-state index in [9.17, 15) is 20.4 Å². The van der Waals surface area contributed by atoms with Gasteiger partial charge in [0.15, 0.2) is 6.29 Å². The van der Waals surface area contributed by atoms with E-state index >= 15 is 0 Å². The molecule has 0 bridgehead atoms. The van der Waals surface area contributed by atoms with E-state index in [-0.39, 0.29) is 6.61 Å². The summed E-state index contributed by atoms with van der Waals surface area (Å²) >= 11 is 0. The Morgan fingerprint density at radius 1 is 1.15 bits per heavy atom. The Bertz CT molecular complexity index is 294. The summed E-state index contributed by atoms with van der Waals surface area (Å²) in [5.41, 5.74) is 0. The summed E-state index contributed by atoms with van der Waals surface area (Å²) in [5, 5.41) is 47.3. The number of aliphatic hydroxyl groups is 5. The lowest BCUT2D eigenvalue weighted by atomic mass is 9.99. The van der Waals surface area contributed by atoms with Crippen molar-refractivity contribution in [1.29, 1.82) is 0 Å². The third kappa shape index (κ3) is 4.49. The molecule has 1 aliphatic heterocycles. The van der Waals surface area contributed by atoms with Crippen molar-refractivity contribution in [3.05, 3.63) is 12.2 Å². The van der Waals surface area contributed by atoms with Crippen molar-refractivity contribution < 1.29 is 35.0 Å². The summed E-state index contributed by atoms with van der Waals surface area (Å²) < 4.78 is 10.6. The lowest BCUT2D eigenvalue weighted by Gasteiger charge is -2.40. The molecule has 1 heterocycles. The lowest BCUT2D eigenvalue weighted by molar-refractivity contribution is -0.313. The molecule has 0 radical (unpaired) electrons. The maximum atomic E-state index is 9.80. The van der Waals surface area contributed by atoms with E-state index in [0.717, 1.165) is 0 Å². The van der Waals surface area contributed by atoms with Crippen molar-refractivity contribution in [1.82, 2.24) is 0 Å². The van der Waals surface area contributed by atoms with Crippen molar-refractivity contribution in [2.75, 3.05) is 13.2 Å². The number of aliphatic hydroxyl groups excluding tert-OH is 5. The Hall–Kier alpha value is -0.540. The minimum absolute atomic E-state index is 0.257. The van der Waals surface area contributed by atoms with Crippen LogP contribution in [-0.2, 0) is 9.47 Å². The SMILES string of the molecule is C/C=C/CCC(CO)OC1OC(CO)C(O)C(O)C1O. The van der Waals surface area contributed by atoms with Crippen LogP contribution in [0.1, 0.15) is 19.8 Å². The molecule has 0 aliphatic carbocycles. The molecule has 0 aromatic rings. The molecule has 0 aromatic heterocycles. The van der Waals surface area contributed by atoms with Gasteiger partial charge in [-0.2, -0.15) is 0 Å². The minimum atomic E-state index is -1.47. The van der Waals surface area contributed by atoms with Crippen LogP contribution in [0.4, 0.5) is 0 Å². The van der Waals surface area contributed by atoms with E-state index in [2.05, 4.69) is 0 Å². The highest BCUT2D eigenvalue weighted by atomic mass is 16.7. The van der Waals surface area contributed by atoms with Gasteiger partial charge in [0.2, 0.25) is 0 Å². The first-order valence-corrected chi connectivity index (χ1v) is 6.73. The first-order chi connectivity index (χ1) is 9.54. The van der Waals surface area contributed by atoms with Crippen LogP contribution in [0.5, 0.6) is 0 Å².